The molecular formula is C15H23ClN2OS. The lowest BCUT2D eigenvalue weighted by atomic mass is 10.4. The van der Waals surface area contributed by atoms with Gasteiger partial charge in [0, 0.05) is 16.7 Å². The lowest BCUT2D eigenvalue weighted by molar-refractivity contribution is -0.120. The molecule has 0 heterocycles. The van der Waals surface area contributed by atoms with E-state index < -0.39 is 0 Å². The van der Waals surface area contributed by atoms with E-state index in [0.29, 0.717) is 18.3 Å². The van der Waals surface area contributed by atoms with Crippen molar-refractivity contribution in [1.29, 1.82) is 0 Å². The van der Waals surface area contributed by atoms with Gasteiger partial charge in [-0.25, -0.2) is 0 Å². The molecular weight excluding hydrogens is 292 g/mol. The molecule has 3 nitrogen and oxygen atoms in total. The quantitative estimate of drug-likeness (QED) is 0.725. The molecule has 2 rings (SSSR count). The van der Waals surface area contributed by atoms with Crippen LogP contribution >= 0.6 is 24.2 Å². The third-order valence-electron chi connectivity index (χ3n) is 3.08. The van der Waals surface area contributed by atoms with Crippen molar-refractivity contribution >= 4 is 30.1 Å². The first-order valence-electron chi connectivity index (χ1n) is 6.93. The summed E-state index contributed by atoms with van der Waals surface area (Å²) in [5, 5.41) is 6.56. The maximum Gasteiger partial charge on any atom is 0.233 e. The summed E-state index contributed by atoms with van der Waals surface area (Å²) in [4.78, 5) is 12.9. The molecule has 112 valence electrons. The van der Waals surface area contributed by atoms with Crippen molar-refractivity contribution in [3.63, 3.8) is 0 Å². The van der Waals surface area contributed by atoms with Gasteiger partial charge in [-0.05, 0) is 37.4 Å². The largest absolute Gasteiger partial charge is 0.354 e. The molecule has 1 aliphatic rings. The zero-order valence-corrected chi connectivity index (χ0v) is 13.4. The third-order valence-corrected chi connectivity index (χ3v) is 4.20. The van der Waals surface area contributed by atoms with Crippen molar-refractivity contribution in [2.75, 3.05) is 19.6 Å². The zero-order valence-electron chi connectivity index (χ0n) is 11.8. The molecule has 1 fully saturated rings. The van der Waals surface area contributed by atoms with Crippen molar-refractivity contribution in [2.24, 2.45) is 5.92 Å². The molecule has 0 aromatic heterocycles. The van der Waals surface area contributed by atoms with Gasteiger partial charge in [0.25, 0.3) is 0 Å². The summed E-state index contributed by atoms with van der Waals surface area (Å²) in [7, 11) is 0. The first-order chi connectivity index (χ1) is 9.24. The van der Waals surface area contributed by atoms with Gasteiger partial charge < -0.3 is 10.6 Å². The Labute approximate surface area is 131 Å². The van der Waals surface area contributed by atoms with Gasteiger partial charge in [0.1, 0.15) is 0 Å². The van der Waals surface area contributed by atoms with Crippen molar-refractivity contribution in [1.82, 2.24) is 10.6 Å². The summed E-state index contributed by atoms with van der Waals surface area (Å²) in [5.41, 5.74) is 0. The summed E-state index contributed by atoms with van der Waals surface area (Å²) < 4.78 is 0. The molecule has 0 spiro atoms. The molecule has 5 heteroatoms. The van der Waals surface area contributed by atoms with Gasteiger partial charge >= 0.3 is 0 Å². The number of nitrogens with one attached hydrogen (secondary N) is 2. The van der Waals surface area contributed by atoms with Crippen LogP contribution in [0.3, 0.4) is 0 Å². The summed E-state index contributed by atoms with van der Waals surface area (Å²) in [6.07, 6.45) is 2.64. The van der Waals surface area contributed by atoms with E-state index in [1.165, 1.54) is 17.7 Å². The van der Waals surface area contributed by atoms with Crippen LogP contribution in [0.2, 0.25) is 0 Å². The predicted molar refractivity (Wildman–Crippen MR) is 87.6 cm³/mol. The van der Waals surface area contributed by atoms with Crippen LogP contribution in [0.25, 0.3) is 0 Å². The zero-order chi connectivity index (χ0) is 13.5. The van der Waals surface area contributed by atoms with E-state index in [1.54, 1.807) is 11.8 Å². The smallest absolute Gasteiger partial charge is 0.233 e. The molecule has 20 heavy (non-hydrogen) atoms. The van der Waals surface area contributed by atoms with Crippen LogP contribution in [-0.2, 0) is 4.79 Å². The minimum absolute atomic E-state index is 0. The van der Waals surface area contributed by atoms with Crippen molar-refractivity contribution in [2.45, 2.75) is 29.9 Å². The molecule has 1 aromatic carbocycles. The van der Waals surface area contributed by atoms with E-state index in [0.717, 1.165) is 12.5 Å². The number of halogens is 1. The summed E-state index contributed by atoms with van der Waals surface area (Å²) in [6.45, 7) is 4.28. The SMILES string of the molecule is CC(CNC(=O)CNCC1CC1)Sc1ccccc1.Cl. The highest BCUT2D eigenvalue weighted by molar-refractivity contribution is 8.00. The Bertz CT molecular complexity index is 398. The molecule has 1 atom stereocenters. The Kier molecular flexibility index (Phi) is 8.04. The average Bonchev–Trinajstić information content (AvgIpc) is 3.22. The number of carbonyl (C=O) groups excluding carboxylic acids is 1. The Hall–Kier alpha value is -0.710. The second-order valence-electron chi connectivity index (χ2n) is 5.12. The van der Waals surface area contributed by atoms with Gasteiger partial charge in [-0.1, -0.05) is 25.1 Å². The second kappa shape index (κ2) is 9.27. The topological polar surface area (TPSA) is 41.1 Å². The van der Waals surface area contributed by atoms with E-state index in [9.17, 15) is 4.79 Å². The van der Waals surface area contributed by atoms with Crippen LogP contribution < -0.4 is 10.6 Å². The minimum Gasteiger partial charge on any atom is -0.354 e. The number of hydrogen-bond acceptors (Lipinski definition) is 3. The number of hydrogen-bond donors (Lipinski definition) is 2. The second-order valence-corrected chi connectivity index (χ2v) is 6.63. The summed E-state index contributed by atoms with van der Waals surface area (Å²) >= 11 is 1.79. The van der Waals surface area contributed by atoms with Crippen LogP contribution in [0.4, 0.5) is 0 Å². The van der Waals surface area contributed by atoms with E-state index in [2.05, 4.69) is 29.7 Å². The maximum absolute atomic E-state index is 11.6. The molecule has 0 saturated heterocycles. The van der Waals surface area contributed by atoms with Crippen LogP contribution in [0.5, 0.6) is 0 Å². The number of thioether (sulfide) groups is 1. The monoisotopic (exact) mass is 314 g/mol. The molecule has 1 unspecified atom stereocenters. The van der Waals surface area contributed by atoms with Crippen LogP contribution in [0, 0.1) is 5.92 Å². The molecule has 0 bridgehead atoms. The van der Waals surface area contributed by atoms with Gasteiger partial charge in [-0.3, -0.25) is 4.79 Å². The minimum atomic E-state index is 0. The van der Waals surface area contributed by atoms with E-state index in [-0.39, 0.29) is 18.3 Å². The molecule has 1 saturated carbocycles. The van der Waals surface area contributed by atoms with Gasteiger partial charge in [-0.2, -0.15) is 0 Å². The summed E-state index contributed by atoms with van der Waals surface area (Å²) in [6, 6.07) is 10.3. The number of carbonyl (C=O) groups is 1. The first kappa shape index (κ1) is 17.3. The van der Waals surface area contributed by atoms with Gasteiger partial charge in [0.15, 0.2) is 0 Å². The third kappa shape index (κ3) is 7.17. The van der Waals surface area contributed by atoms with Crippen molar-refractivity contribution in [3.05, 3.63) is 30.3 Å². The molecule has 0 aliphatic heterocycles. The van der Waals surface area contributed by atoms with Crippen molar-refractivity contribution < 1.29 is 4.79 Å². The van der Waals surface area contributed by atoms with Crippen LogP contribution in [0.15, 0.2) is 35.2 Å². The maximum atomic E-state index is 11.6. The Morgan fingerprint density at radius 1 is 1.35 bits per heavy atom. The fourth-order valence-corrected chi connectivity index (χ4v) is 2.75. The molecule has 1 aromatic rings. The number of amides is 1. The Morgan fingerprint density at radius 3 is 2.70 bits per heavy atom. The molecule has 2 N–H and O–H groups in total. The lowest BCUT2D eigenvalue weighted by Gasteiger charge is -2.12. The van der Waals surface area contributed by atoms with Crippen LogP contribution in [-0.4, -0.2) is 30.8 Å². The van der Waals surface area contributed by atoms with E-state index >= 15 is 0 Å². The summed E-state index contributed by atoms with van der Waals surface area (Å²) in [5.74, 6) is 0.918. The highest BCUT2D eigenvalue weighted by atomic mass is 35.5. The normalized spacial score (nSPS) is 15.2. The van der Waals surface area contributed by atoms with Gasteiger partial charge in [-0.15, -0.1) is 24.2 Å². The molecule has 1 aliphatic carbocycles. The fraction of sp³-hybridized carbons (Fsp3) is 0.533. The van der Waals surface area contributed by atoms with Crippen molar-refractivity contribution in [3.8, 4) is 0 Å². The Balaban J connectivity index is 0.00000200. The van der Waals surface area contributed by atoms with E-state index in [1.807, 2.05) is 18.2 Å². The Morgan fingerprint density at radius 2 is 2.05 bits per heavy atom. The van der Waals surface area contributed by atoms with E-state index in [4.69, 9.17) is 0 Å². The van der Waals surface area contributed by atoms with Gasteiger partial charge in [0.05, 0.1) is 6.54 Å². The highest BCUT2D eigenvalue weighted by Crippen LogP contribution is 2.27. The standard InChI is InChI=1S/C15H22N2OS.ClH/c1-12(19-14-5-3-2-4-6-14)9-17-15(18)11-16-10-13-7-8-13;/h2-6,12-13,16H,7-11H2,1H3,(H,17,18);1H. The predicted octanol–water partition coefficient (Wildman–Crippen LogP) is 2.70. The van der Waals surface area contributed by atoms with Crippen LogP contribution in [0.1, 0.15) is 19.8 Å². The first-order valence-corrected chi connectivity index (χ1v) is 7.81. The number of rotatable bonds is 8. The molecule has 1 amide bonds. The molecule has 0 radical (unpaired) electrons. The fourth-order valence-electron chi connectivity index (χ4n) is 1.80. The average molecular weight is 315 g/mol. The van der Waals surface area contributed by atoms with Gasteiger partial charge in [0.2, 0.25) is 5.91 Å². The number of benzene rings is 1. The highest BCUT2D eigenvalue weighted by Gasteiger charge is 2.20. The lowest BCUT2D eigenvalue weighted by Crippen LogP contribution is -2.37.